The molecule has 0 aliphatic rings. The van der Waals surface area contributed by atoms with Gasteiger partial charge in [-0.2, -0.15) is 0 Å². The SMILES string of the molecule is C=C(COc1ccccc1C(C)=O)[C@H](Cc1ccccc1)NC(=O)[C@H](CC(N)=O)NC(=O)c1ccc2ccccc2n1. The molecule has 4 rings (SSSR count). The van der Waals surface area contributed by atoms with E-state index in [1.807, 2.05) is 48.5 Å². The van der Waals surface area contributed by atoms with Crippen molar-refractivity contribution in [2.75, 3.05) is 6.61 Å². The van der Waals surface area contributed by atoms with E-state index in [0.717, 1.165) is 10.9 Å². The highest BCUT2D eigenvalue weighted by Gasteiger charge is 2.27. The molecule has 0 unspecified atom stereocenters. The number of ketones is 1. The van der Waals surface area contributed by atoms with Crippen LogP contribution < -0.4 is 21.1 Å². The van der Waals surface area contributed by atoms with Crippen LogP contribution in [0.2, 0.25) is 0 Å². The van der Waals surface area contributed by atoms with Gasteiger partial charge in [-0.25, -0.2) is 4.98 Å². The fourth-order valence-corrected chi connectivity index (χ4v) is 4.41. The lowest BCUT2D eigenvalue weighted by atomic mass is 9.99. The summed E-state index contributed by atoms with van der Waals surface area (Å²) in [5.41, 5.74) is 8.02. The van der Waals surface area contributed by atoms with E-state index in [1.54, 1.807) is 42.5 Å². The zero-order chi connectivity index (χ0) is 30.1. The number of carbonyl (C=O) groups excluding carboxylic acids is 4. The fourth-order valence-electron chi connectivity index (χ4n) is 4.41. The Kier molecular flexibility index (Phi) is 9.78. The van der Waals surface area contributed by atoms with Crippen LogP contribution >= 0.6 is 0 Å². The Bertz CT molecular complexity index is 1620. The van der Waals surface area contributed by atoms with Gasteiger partial charge >= 0.3 is 0 Å². The molecular weight excluding hydrogens is 532 g/mol. The summed E-state index contributed by atoms with van der Waals surface area (Å²) in [7, 11) is 0. The second-order valence-electron chi connectivity index (χ2n) is 9.84. The van der Waals surface area contributed by atoms with Gasteiger partial charge in [-0.1, -0.05) is 73.3 Å². The van der Waals surface area contributed by atoms with Crippen LogP contribution in [0.25, 0.3) is 10.9 Å². The number of rotatable bonds is 13. The van der Waals surface area contributed by atoms with Crippen molar-refractivity contribution in [3.8, 4) is 5.75 Å². The second-order valence-corrected chi connectivity index (χ2v) is 9.84. The van der Waals surface area contributed by atoms with Crippen molar-refractivity contribution < 1.29 is 23.9 Å². The van der Waals surface area contributed by atoms with Crippen molar-refractivity contribution >= 4 is 34.4 Å². The minimum atomic E-state index is -1.26. The van der Waals surface area contributed by atoms with E-state index in [1.165, 1.54) is 6.92 Å². The molecule has 9 nitrogen and oxygen atoms in total. The van der Waals surface area contributed by atoms with Gasteiger partial charge in [0.25, 0.3) is 5.91 Å². The number of amides is 3. The summed E-state index contributed by atoms with van der Waals surface area (Å²) in [5.74, 6) is -1.74. The van der Waals surface area contributed by atoms with E-state index >= 15 is 0 Å². The highest BCUT2D eigenvalue weighted by molar-refractivity contribution is 5.99. The number of carbonyl (C=O) groups is 4. The zero-order valence-corrected chi connectivity index (χ0v) is 23.2. The second kappa shape index (κ2) is 13.8. The molecule has 4 N–H and O–H groups in total. The normalized spacial score (nSPS) is 12.1. The molecule has 0 spiro atoms. The van der Waals surface area contributed by atoms with Gasteiger partial charge in [-0.15, -0.1) is 0 Å². The number of nitrogens with two attached hydrogens (primary N) is 1. The Morgan fingerprint density at radius 3 is 2.29 bits per heavy atom. The lowest BCUT2D eigenvalue weighted by Crippen LogP contribution is -2.52. The maximum atomic E-state index is 13.5. The van der Waals surface area contributed by atoms with Crippen molar-refractivity contribution in [1.29, 1.82) is 0 Å². The molecule has 0 aliphatic carbocycles. The molecule has 3 amide bonds. The Hall–Kier alpha value is -5.31. The van der Waals surface area contributed by atoms with Gasteiger partial charge in [0, 0.05) is 5.39 Å². The minimum absolute atomic E-state index is 0.00985. The number of ether oxygens (including phenoxy) is 1. The maximum Gasteiger partial charge on any atom is 0.270 e. The van der Waals surface area contributed by atoms with Crippen molar-refractivity contribution in [3.05, 3.63) is 120 Å². The van der Waals surface area contributed by atoms with E-state index in [-0.39, 0.29) is 18.1 Å². The molecule has 4 aromatic rings. The van der Waals surface area contributed by atoms with E-state index in [2.05, 4.69) is 22.2 Å². The van der Waals surface area contributed by atoms with E-state index in [0.29, 0.717) is 28.8 Å². The lowest BCUT2D eigenvalue weighted by molar-refractivity contribution is -0.127. The molecule has 1 aromatic heterocycles. The van der Waals surface area contributed by atoms with Crippen molar-refractivity contribution in [3.63, 3.8) is 0 Å². The number of nitrogens with zero attached hydrogens (tertiary/aromatic N) is 1. The third-order valence-electron chi connectivity index (χ3n) is 6.63. The van der Waals surface area contributed by atoms with E-state index in [4.69, 9.17) is 10.5 Å². The molecule has 42 heavy (non-hydrogen) atoms. The molecule has 1 heterocycles. The number of hydrogen-bond acceptors (Lipinski definition) is 6. The molecule has 0 fully saturated rings. The third-order valence-corrected chi connectivity index (χ3v) is 6.63. The molecule has 2 atom stereocenters. The van der Waals surface area contributed by atoms with Crippen LogP contribution in [0.3, 0.4) is 0 Å². The number of aromatic nitrogens is 1. The zero-order valence-electron chi connectivity index (χ0n) is 23.2. The van der Waals surface area contributed by atoms with Crippen LogP contribution in [0.15, 0.2) is 103 Å². The first-order chi connectivity index (χ1) is 20.2. The fraction of sp³-hybridized carbons (Fsp3) is 0.182. The predicted octanol–water partition coefficient (Wildman–Crippen LogP) is 3.77. The van der Waals surface area contributed by atoms with Gasteiger partial charge in [0.1, 0.15) is 24.1 Å². The predicted molar refractivity (Wildman–Crippen MR) is 160 cm³/mol. The molecule has 0 saturated carbocycles. The quantitative estimate of drug-likeness (QED) is 0.167. The maximum absolute atomic E-state index is 13.5. The van der Waals surface area contributed by atoms with Crippen LogP contribution in [0.1, 0.15) is 39.8 Å². The molecule has 0 bridgehead atoms. The van der Waals surface area contributed by atoms with Gasteiger partial charge in [-0.3, -0.25) is 19.2 Å². The van der Waals surface area contributed by atoms with Gasteiger partial charge in [-0.05, 0) is 48.7 Å². The van der Waals surface area contributed by atoms with Crippen molar-refractivity contribution in [1.82, 2.24) is 15.6 Å². The molecule has 0 radical (unpaired) electrons. The summed E-state index contributed by atoms with van der Waals surface area (Å²) in [6.07, 6.45) is -0.0508. The molecule has 9 heteroatoms. The summed E-state index contributed by atoms with van der Waals surface area (Å²) in [4.78, 5) is 54.8. The minimum Gasteiger partial charge on any atom is -0.488 e. The summed E-state index contributed by atoms with van der Waals surface area (Å²) >= 11 is 0. The standard InChI is InChI=1S/C33H32N4O5/c1-21(20-42-30-15-9-7-13-25(30)22(2)38)28(18-23-10-4-3-5-11-23)36-33(41)29(19-31(34)39)37-32(40)27-17-16-24-12-6-8-14-26(24)35-27/h3-17,28-29H,1,18-20H2,2H3,(H2,34,39)(H,36,41)(H,37,40)/t28-,29-/m0/s1. The number of nitrogens with one attached hydrogen (secondary N) is 2. The smallest absolute Gasteiger partial charge is 0.270 e. The summed E-state index contributed by atoms with van der Waals surface area (Å²) in [6, 6.07) is 25.1. The number of para-hydroxylation sites is 2. The average Bonchev–Trinajstić information content (AvgIpc) is 2.99. The average molecular weight is 565 g/mol. The van der Waals surface area contributed by atoms with Crippen LogP contribution in [-0.4, -0.2) is 47.2 Å². The van der Waals surface area contributed by atoms with Crippen LogP contribution in [-0.2, 0) is 16.0 Å². The topological polar surface area (TPSA) is 140 Å². The van der Waals surface area contributed by atoms with Gasteiger partial charge in [0.05, 0.1) is 23.5 Å². The number of hydrogen-bond donors (Lipinski definition) is 3. The van der Waals surface area contributed by atoms with Gasteiger partial charge in [0.15, 0.2) is 5.78 Å². The van der Waals surface area contributed by atoms with Crippen molar-refractivity contribution in [2.24, 2.45) is 5.73 Å². The van der Waals surface area contributed by atoms with Crippen LogP contribution in [0, 0.1) is 0 Å². The third kappa shape index (κ3) is 7.88. The monoisotopic (exact) mass is 564 g/mol. The van der Waals surface area contributed by atoms with Crippen molar-refractivity contribution in [2.45, 2.75) is 31.8 Å². The number of fused-ring (bicyclic) bond motifs is 1. The highest BCUT2D eigenvalue weighted by atomic mass is 16.5. The molecule has 3 aromatic carbocycles. The molecule has 0 aliphatic heterocycles. The number of benzene rings is 3. The molecule has 0 saturated heterocycles. The number of pyridine rings is 1. The van der Waals surface area contributed by atoms with E-state index in [9.17, 15) is 19.2 Å². The Morgan fingerprint density at radius 2 is 1.55 bits per heavy atom. The summed E-state index contributed by atoms with van der Waals surface area (Å²) in [5, 5.41) is 6.36. The largest absolute Gasteiger partial charge is 0.488 e. The summed E-state index contributed by atoms with van der Waals surface area (Å²) < 4.78 is 5.92. The van der Waals surface area contributed by atoms with E-state index < -0.39 is 36.2 Å². The Balaban J connectivity index is 1.52. The number of primary amides is 1. The first kappa shape index (κ1) is 29.7. The van der Waals surface area contributed by atoms with Crippen LogP contribution in [0.5, 0.6) is 5.75 Å². The van der Waals surface area contributed by atoms with Gasteiger partial charge in [0.2, 0.25) is 11.8 Å². The lowest BCUT2D eigenvalue weighted by Gasteiger charge is -2.25. The first-order valence-electron chi connectivity index (χ1n) is 13.4. The first-order valence-corrected chi connectivity index (χ1v) is 13.4. The molecular formula is C33H32N4O5. The highest BCUT2D eigenvalue weighted by Crippen LogP contribution is 2.20. The Labute approximate surface area is 243 Å². The number of Topliss-reactive ketones (excluding diaryl/α,β-unsaturated/α-hetero) is 1. The van der Waals surface area contributed by atoms with Gasteiger partial charge < -0.3 is 21.1 Å². The summed E-state index contributed by atoms with van der Waals surface area (Å²) in [6.45, 7) is 5.60. The molecule has 214 valence electrons. The Morgan fingerprint density at radius 1 is 0.857 bits per heavy atom. The van der Waals surface area contributed by atoms with Crippen LogP contribution in [0.4, 0.5) is 0 Å².